The van der Waals surface area contributed by atoms with Gasteiger partial charge in [-0.3, -0.25) is 4.79 Å². The fourth-order valence-corrected chi connectivity index (χ4v) is 3.60. The van der Waals surface area contributed by atoms with Crippen LogP contribution in [0.25, 0.3) is 11.4 Å². The third-order valence-corrected chi connectivity index (χ3v) is 6.23. The summed E-state index contributed by atoms with van der Waals surface area (Å²) in [5.41, 5.74) is 0.0441. The average molecular weight is 386 g/mol. The van der Waals surface area contributed by atoms with E-state index in [1.807, 2.05) is 0 Å². The van der Waals surface area contributed by atoms with Gasteiger partial charge in [0.1, 0.15) is 6.73 Å². The predicted molar refractivity (Wildman–Crippen MR) is 95.7 cm³/mol. The zero-order chi connectivity index (χ0) is 18.8. The van der Waals surface area contributed by atoms with Crippen molar-refractivity contribution in [1.82, 2.24) is 24.5 Å². The van der Waals surface area contributed by atoms with Gasteiger partial charge in [0.2, 0.25) is 15.0 Å². The largest absolute Gasteiger partial charge is 0.359 e. The van der Waals surface area contributed by atoms with E-state index < -0.39 is 17.9 Å². The second-order valence-corrected chi connectivity index (χ2v) is 14.6. The summed E-state index contributed by atoms with van der Waals surface area (Å²) in [6.45, 7) is 7.42. The zero-order valence-corrected chi connectivity index (χ0v) is 16.9. The first-order valence-corrected chi connectivity index (χ1v) is 13.3. The second kappa shape index (κ2) is 7.18. The molecule has 2 heterocycles. The lowest BCUT2D eigenvalue weighted by atomic mass is 10.3. The van der Waals surface area contributed by atoms with Gasteiger partial charge in [0.25, 0.3) is 5.56 Å². The first-order chi connectivity index (χ1) is 11.5. The molecule has 0 saturated heterocycles. The summed E-state index contributed by atoms with van der Waals surface area (Å²) in [5, 5.41) is 11.4. The number of aromatic nitrogens is 5. The van der Waals surface area contributed by atoms with Crippen LogP contribution in [0.3, 0.4) is 0 Å². The number of sulfone groups is 1. The van der Waals surface area contributed by atoms with Crippen molar-refractivity contribution in [3.63, 3.8) is 0 Å². The van der Waals surface area contributed by atoms with Crippen molar-refractivity contribution >= 4 is 17.9 Å². The molecular weight excluding hydrogens is 362 g/mol. The standard InChI is InChI=1S/C14H23N5O4SSi/c1-18-13(16-17-14(18)24(2,21)22)11-8-12(20)19(15-9-11)10-23-6-7-25(3,4)5/h8-9H,6-7,10H2,1-5H3. The minimum atomic E-state index is -3.50. The van der Waals surface area contributed by atoms with Crippen molar-refractivity contribution in [2.45, 2.75) is 37.6 Å². The third-order valence-electron chi connectivity index (χ3n) is 3.50. The van der Waals surface area contributed by atoms with Crippen LogP contribution in [0.15, 0.2) is 22.2 Å². The van der Waals surface area contributed by atoms with E-state index in [0.29, 0.717) is 12.2 Å². The first kappa shape index (κ1) is 19.5. The quantitative estimate of drug-likeness (QED) is 0.511. The molecule has 0 aliphatic carbocycles. The summed E-state index contributed by atoms with van der Waals surface area (Å²) in [7, 11) is -3.15. The molecule has 11 heteroatoms. The number of nitrogens with zero attached hydrogens (tertiary/aromatic N) is 5. The Morgan fingerprint density at radius 2 is 1.92 bits per heavy atom. The monoisotopic (exact) mass is 385 g/mol. The minimum absolute atomic E-state index is 0.0804. The highest BCUT2D eigenvalue weighted by atomic mass is 32.2. The lowest BCUT2D eigenvalue weighted by molar-refractivity contribution is 0.0750. The van der Waals surface area contributed by atoms with Gasteiger partial charge in [-0.15, -0.1) is 10.2 Å². The summed E-state index contributed by atoms with van der Waals surface area (Å²) in [6.07, 6.45) is 2.49. The summed E-state index contributed by atoms with van der Waals surface area (Å²) < 4.78 is 31.3. The van der Waals surface area contributed by atoms with E-state index in [1.54, 1.807) is 0 Å². The molecule has 0 aliphatic rings. The van der Waals surface area contributed by atoms with Gasteiger partial charge in [-0.25, -0.2) is 13.1 Å². The van der Waals surface area contributed by atoms with E-state index in [1.165, 1.54) is 28.6 Å². The van der Waals surface area contributed by atoms with Crippen molar-refractivity contribution in [2.75, 3.05) is 12.9 Å². The molecule has 138 valence electrons. The van der Waals surface area contributed by atoms with Crippen LogP contribution in [0.4, 0.5) is 0 Å². The highest BCUT2D eigenvalue weighted by Gasteiger charge is 2.19. The molecule has 25 heavy (non-hydrogen) atoms. The van der Waals surface area contributed by atoms with Gasteiger partial charge >= 0.3 is 0 Å². The molecule has 0 saturated carbocycles. The molecule has 0 fully saturated rings. The molecule has 0 aliphatic heterocycles. The summed E-state index contributed by atoms with van der Waals surface area (Å²) in [5.74, 6) is 0.261. The number of rotatable bonds is 7. The van der Waals surface area contributed by atoms with Crippen LogP contribution in [-0.4, -0.2) is 53.9 Å². The molecule has 2 aromatic heterocycles. The molecular formula is C14H23N5O4SSi. The van der Waals surface area contributed by atoms with Crippen molar-refractivity contribution in [1.29, 1.82) is 0 Å². The maximum Gasteiger partial charge on any atom is 0.269 e. The average Bonchev–Trinajstić information content (AvgIpc) is 2.85. The molecule has 0 atom stereocenters. The van der Waals surface area contributed by atoms with Gasteiger partial charge in [-0.05, 0) is 6.04 Å². The topological polar surface area (TPSA) is 109 Å². The molecule has 0 spiro atoms. The van der Waals surface area contributed by atoms with Crippen LogP contribution in [0.2, 0.25) is 25.7 Å². The van der Waals surface area contributed by atoms with E-state index in [2.05, 4.69) is 34.9 Å². The van der Waals surface area contributed by atoms with Gasteiger partial charge in [0, 0.05) is 39.6 Å². The van der Waals surface area contributed by atoms with Gasteiger partial charge in [-0.2, -0.15) is 5.10 Å². The molecule has 0 amide bonds. The van der Waals surface area contributed by atoms with Gasteiger partial charge in [0.15, 0.2) is 5.82 Å². The van der Waals surface area contributed by atoms with Gasteiger partial charge in [-0.1, -0.05) is 19.6 Å². The van der Waals surface area contributed by atoms with E-state index in [4.69, 9.17) is 4.74 Å². The highest BCUT2D eigenvalue weighted by Crippen LogP contribution is 2.16. The fourth-order valence-electron chi connectivity index (χ4n) is 2.07. The van der Waals surface area contributed by atoms with Crippen LogP contribution in [0.5, 0.6) is 0 Å². The first-order valence-electron chi connectivity index (χ1n) is 7.74. The SMILES string of the molecule is Cn1c(-c2cnn(COCC[Si](C)(C)C)c(=O)c2)nnc1S(C)(=O)=O. The second-order valence-electron chi connectivity index (χ2n) is 7.07. The molecule has 0 bridgehead atoms. The van der Waals surface area contributed by atoms with Gasteiger partial charge in [0.05, 0.1) is 6.20 Å². The maximum atomic E-state index is 12.2. The van der Waals surface area contributed by atoms with Crippen LogP contribution in [0, 0.1) is 0 Å². The summed E-state index contributed by atoms with van der Waals surface area (Å²) >= 11 is 0. The number of ether oxygens (including phenoxy) is 1. The Balaban J connectivity index is 2.15. The molecule has 2 aromatic rings. The van der Waals surface area contributed by atoms with E-state index >= 15 is 0 Å². The lowest BCUT2D eigenvalue weighted by Gasteiger charge is -2.15. The van der Waals surface area contributed by atoms with Crippen molar-refractivity contribution in [3.05, 3.63) is 22.6 Å². The molecule has 9 nitrogen and oxygen atoms in total. The van der Waals surface area contributed by atoms with Crippen molar-refractivity contribution in [3.8, 4) is 11.4 Å². The number of hydrogen-bond donors (Lipinski definition) is 0. The van der Waals surface area contributed by atoms with Crippen LogP contribution in [0.1, 0.15) is 0 Å². The maximum absolute atomic E-state index is 12.2. The Kier molecular flexibility index (Phi) is 5.59. The van der Waals surface area contributed by atoms with E-state index in [9.17, 15) is 13.2 Å². The molecule has 0 radical (unpaired) electrons. The fraction of sp³-hybridized carbons (Fsp3) is 0.571. The number of hydrogen-bond acceptors (Lipinski definition) is 7. The zero-order valence-electron chi connectivity index (χ0n) is 15.1. The summed E-state index contributed by atoms with van der Waals surface area (Å²) in [4.78, 5) is 12.2. The van der Waals surface area contributed by atoms with Crippen molar-refractivity contribution < 1.29 is 13.2 Å². The van der Waals surface area contributed by atoms with Crippen molar-refractivity contribution in [2.24, 2.45) is 7.05 Å². The predicted octanol–water partition coefficient (Wildman–Crippen LogP) is 0.755. The Hall–Kier alpha value is -1.85. The summed E-state index contributed by atoms with van der Waals surface area (Å²) in [6, 6.07) is 2.35. The smallest absolute Gasteiger partial charge is 0.269 e. The molecule has 0 aromatic carbocycles. The Morgan fingerprint density at radius 3 is 2.44 bits per heavy atom. The Bertz CT molecular complexity index is 914. The van der Waals surface area contributed by atoms with E-state index in [0.717, 1.165) is 12.3 Å². The van der Waals surface area contributed by atoms with Crippen LogP contribution < -0.4 is 5.56 Å². The van der Waals surface area contributed by atoms with Gasteiger partial charge < -0.3 is 9.30 Å². The van der Waals surface area contributed by atoms with E-state index in [-0.39, 0.29) is 23.3 Å². The lowest BCUT2D eigenvalue weighted by Crippen LogP contribution is -2.26. The molecule has 0 unspecified atom stereocenters. The third kappa shape index (κ3) is 5.06. The Morgan fingerprint density at radius 1 is 1.24 bits per heavy atom. The highest BCUT2D eigenvalue weighted by molar-refractivity contribution is 7.90. The molecule has 2 rings (SSSR count). The normalized spacial score (nSPS) is 12.5. The van der Waals surface area contributed by atoms with Crippen LogP contribution in [-0.2, 0) is 28.4 Å². The molecule has 0 N–H and O–H groups in total. The van der Waals surface area contributed by atoms with Crippen LogP contribution >= 0.6 is 0 Å². The minimum Gasteiger partial charge on any atom is -0.359 e. The Labute approximate surface area is 147 Å².